The number of hydrogen-bond acceptors (Lipinski definition) is 4. The monoisotopic (exact) mass is 276 g/mol. The van der Waals surface area contributed by atoms with Crippen LogP contribution in [0.2, 0.25) is 0 Å². The van der Waals surface area contributed by atoms with Crippen LogP contribution in [0.1, 0.15) is 13.8 Å². The molecule has 7 heteroatoms. The van der Waals surface area contributed by atoms with Gasteiger partial charge in [-0.25, -0.2) is 8.42 Å². The first kappa shape index (κ1) is 15.4. The molecule has 0 saturated carbocycles. The van der Waals surface area contributed by atoms with Crippen molar-refractivity contribution in [3.05, 3.63) is 0 Å². The van der Waals surface area contributed by atoms with Gasteiger partial charge in [-0.2, -0.15) is 0 Å². The van der Waals surface area contributed by atoms with Crippen LogP contribution < -0.4 is 0 Å². The summed E-state index contributed by atoms with van der Waals surface area (Å²) in [5.74, 6) is 0.0614. The molecule has 0 rings (SSSR count). The molecule has 92 valence electrons. The molecule has 0 amide bonds. The van der Waals surface area contributed by atoms with Crippen LogP contribution in [0.4, 0.5) is 0 Å². The van der Waals surface area contributed by atoms with E-state index in [1.165, 1.54) is 0 Å². The van der Waals surface area contributed by atoms with E-state index < -0.39 is 15.4 Å². The summed E-state index contributed by atoms with van der Waals surface area (Å²) in [5.41, 5.74) is -0.770. The Hall–Kier alpha value is 0.450. The normalized spacial score (nSPS) is 13.9. The minimum absolute atomic E-state index is 0.0547. The van der Waals surface area contributed by atoms with Gasteiger partial charge in [0.2, 0.25) is 0 Å². The molecule has 0 aromatic rings. The predicted molar refractivity (Wildman–Crippen MR) is 64.8 cm³/mol. The van der Waals surface area contributed by atoms with Gasteiger partial charge in [-0.1, -0.05) is 0 Å². The Morgan fingerprint density at radius 3 is 2.00 bits per heavy atom. The molecule has 0 N–H and O–H groups in total. The van der Waals surface area contributed by atoms with Gasteiger partial charge in [-0.3, -0.25) is 0 Å². The van der Waals surface area contributed by atoms with Gasteiger partial charge in [0, 0.05) is 6.54 Å². The zero-order valence-corrected chi connectivity index (χ0v) is 11.8. The summed E-state index contributed by atoms with van der Waals surface area (Å²) < 4.78 is 24.3. The standard InChI is InChI=1S/C8H18Cl2N2O2S/c1-8(2,12(9)10)7-15(13,14)6-5-11(3)4/h5-7H2,1-4H3. The van der Waals surface area contributed by atoms with Gasteiger partial charge >= 0.3 is 0 Å². The van der Waals surface area contributed by atoms with Gasteiger partial charge in [-0.15, -0.1) is 3.94 Å². The average molecular weight is 277 g/mol. The molecule has 0 atom stereocenters. The molecular formula is C8H18Cl2N2O2S. The maximum Gasteiger partial charge on any atom is 0.153 e. The molecule has 0 unspecified atom stereocenters. The highest BCUT2D eigenvalue weighted by Crippen LogP contribution is 2.21. The molecule has 0 aromatic carbocycles. The third-order valence-electron chi connectivity index (χ3n) is 1.88. The predicted octanol–water partition coefficient (Wildman–Crippen LogP) is 1.35. The summed E-state index contributed by atoms with van der Waals surface area (Å²) in [4.78, 5) is 1.82. The topological polar surface area (TPSA) is 40.6 Å². The highest BCUT2D eigenvalue weighted by atomic mass is 35.5. The fourth-order valence-electron chi connectivity index (χ4n) is 0.981. The van der Waals surface area contributed by atoms with E-state index in [9.17, 15) is 8.42 Å². The second-order valence-corrected chi connectivity index (χ2v) is 7.47. The molecule has 0 radical (unpaired) electrons. The van der Waals surface area contributed by atoms with E-state index in [2.05, 4.69) is 0 Å². The molecule has 0 aromatic heterocycles. The molecule has 4 nitrogen and oxygen atoms in total. The zero-order valence-electron chi connectivity index (χ0n) is 9.50. The Labute approximate surface area is 102 Å². The van der Waals surface area contributed by atoms with E-state index in [0.717, 1.165) is 3.94 Å². The fourth-order valence-corrected chi connectivity index (χ4v) is 3.24. The summed E-state index contributed by atoms with van der Waals surface area (Å²) in [6.45, 7) is 3.86. The van der Waals surface area contributed by atoms with Crippen LogP contribution in [0.3, 0.4) is 0 Å². The minimum atomic E-state index is -3.13. The Morgan fingerprint density at radius 1 is 1.20 bits per heavy atom. The second kappa shape index (κ2) is 5.68. The van der Waals surface area contributed by atoms with Gasteiger partial charge in [-0.05, 0) is 51.5 Å². The van der Waals surface area contributed by atoms with E-state index >= 15 is 0 Å². The lowest BCUT2D eigenvalue weighted by atomic mass is 10.1. The number of nitrogens with zero attached hydrogens (tertiary/aromatic N) is 2. The number of rotatable bonds is 6. The Balaban J connectivity index is 4.39. The second-order valence-electron chi connectivity index (χ2n) is 4.44. The van der Waals surface area contributed by atoms with Crippen molar-refractivity contribution in [3.8, 4) is 0 Å². The van der Waals surface area contributed by atoms with Crippen molar-refractivity contribution in [1.82, 2.24) is 8.84 Å². The van der Waals surface area contributed by atoms with Gasteiger partial charge in [0.1, 0.15) is 0 Å². The highest BCUT2D eigenvalue weighted by Gasteiger charge is 2.30. The number of halogens is 2. The molecule has 0 bridgehead atoms. The average Bonchev–Trinajstić information content (AvgIpc) is 1.99. The van der Waals surface area contributed by atoms with E-state index in [1.54, 1.807) is 13.8 Å². The van der Waals surface area contributed by atoms with Crippen molar-refractivity contribution < 1.29 is 8.42 Å². The molecule has 0 saturated heterocycles. The largest absolute Gasteiger partial charge is 0.308 e. The lowest BCUT2D eigenvalue weighted by molar-refractivity contribution is 0.387. The lowest BCUT2D eigenvalue weighted by Crippen LogP contribution is -2.40. The smallest absolute Gasteiger partial charge is 0.153 e. The van der Waals surface area contributed by atoms with Crippen LogP contribution >= 0.6 is 23.6 Å². The van der Waals surface area contributed by atoms with E-state index in [-0.39, 0.29) is 11.5 Å². The number of hydrogen-bond donors (Lipinski definition) is 0. The first-order valence-corrected chi connectivity index (χ1v) is 7.03. The molecule has 0 heterocycles. The SMILES string of the molecule is CN(C)CCS(=O)(=O)CC(C)(C)N(Cl)Cl. The van der Waals surface area contributed by atoms with Crippen molar-refractivity contribution in [3.63, 3.8) is 0 Å². The van der Waals surface area contributed by atoms with Gasteiger partial charge < -0.3 is 4.90 Å². The van der Waals surface area contributed by atoms with Crippen molar-refractivity contribution in [2.45, 2.75) is 19.4 Å². The lowest BCUT2D eigenvalue weighted by Gasteiger charge is -2.27. The van der Waals surface area contributed by atoms with Crippen molar-refractivity contribution in [2.75, 3.05) is 32.1 Å². The zero-order chi connectivity index (χ0) is 12.3. The maximum atomic E-state index is 11.7. The van der Waals surface area contributed by atoms with Crippen LogP contribution in [0.25, 0.3) is 0 Å². The summed E-state index contributed by atoms with van der Waals surface area (Å²) in [6.07, 6.45) is 0. The highest BCUT2D eigenvalue weighted by molar-refractivity contribution is 7.91. The third kappa shape index (κ3) is 6.58. The summed E-state index contributed by atoms with van der Waals surface area (Å²) in [7, 11) is 0.527. The summed E-state index contributed by atoms with van der Waals surface area (Å²) in [6, 6.07) is 0. The summed E-state index contributed by atoms with van der Waals surface area (Å²) in [5, 5.41) is 0. The quantitative estimate of drug-likeness (QED) is 0.687. The molecule has 0 aliphatic rings. The van der Waals surface area contributed by atoms with Gasteiger partial charge in [0.05, 0.1) is 17.0 Å². The van der Waals surface area contributed by atoms with Crippen LogP contribution in [-0.4, -0.2) is 54.9 Å². The third-order valence-corrected chi connectivity index (χ3v) is 4.75. The number of sulfone groups is 1. The van der Waals surface area contributed by atoms with Crippen molar-refractivity contribution in [1.29, 1.82) is 0 Å². The summed E-state index contributed by atoms with van der Waals surface area (Å²) >= 11 is 11.1. The van der Waals surface area contributed by atoms with Crippen LogP contribution in [0.15, 0.2) is 0 Å². The van der Waals surface area contributed by atoms with Crippen LogP contribution in [0, 0.1) is 0 Å². The molecule has 0 fully saturated rings. The molecular weight excluding hydrogens is 259 g/mol. The Kier molecular flexibility index (Phi) is 5.85. The first-order chi connectivity index (χ1) is 6.57. The van der Waals surface area contributed by atoms with Crippen molar-refractivity contribution >= 4 is 33.4 Å². The van der Waals surface area contributed by atoms with Crippen molar-refractivity contribution in [2.24, 2.45) is 0 Å². The van der Waals surface area contributed by atoms with Crippen LogP contribution in [-0.2, 0) is 9.84 Å². The van der Waals surface area contributed by atoms with Gasteiger partial charge in [0.15, 0.2) is 9.84 Å². The van der Waals surface area contributed by atoms with Crippen LogP contribution in [0.5, 0.6) is 0 Å². The molecule has 15 heavy (non-hydrogen) atoms. The van der Waals surface area contributed by atoms with E-state index in [0.29, 0.717) is 6.54 Å². The maximum absolute atomic E-state index is 11.7. The minimum Gasteiger partial charge on any atom is -0.308 e. The first-order valence-electron chi connectivity index (χ1n) is 4.54. The fraction of sp³-hybridized carbons (Fsp3) is 1.00. The Morgan fingerprint density at radius 2 is 1.67 bits per heavy atom. The molecule has 0 spiro atoms. The van der Waals surface area contributed by atoms with E-state index in [4.69, 9.17) is 23.6 Å². The van der Waals surface area contributed by atoms with E-state index in [1.807, 2.05) is 19.0 Å². The molecule has 0 aliphatic heterocycles. The molecule has 0 aliphatic carbocycles. The Bertz CT molecular complexity index is 289. The van der Waals surface area contributed by atoms with Gasteiger partial charge in [0.25, 0.3) is 0 Å².